The van der Waals surface area contributed by atoms with E-state index in [1.807, 2.05) is 32.8 Å². The van der Waals surface area contributed by atoms with Crippen molar-refractivity contribution in [2.45, 2.75) is 41.0 Å². The van der Waals surface area contributed by atoms with Crippen molar-refractivity contribution in [3.63, 3.8) is 0 Å². The van der Waals surface area contributed by atoms with Gasteiger partial charge >= 0.3 is 5.97 Å². The number of hydrogen-bond acceptors (Lipinski definition) is 3. The minimum Gasteiger partial charge on any atom is -0.481 e. The van der Waals surface area contributed by atoms with Gasteiger partial charge in [-0.3, -0.25) is 9.59 Å². The van der Waals surface area contributed by atoms with E-state index < -0.39 is 11.4 Å². The molecule has 1 atom stereocenters. The van der Waals surface area contributed by atoms with E-state index in [1.165, 1.54) is 0 Å². The largest absolute Gasteiger partial charge is 0.481 e. The number of carboxylic acids is 1. The van der Waals surface area contributed by atoms with Crippen molar-refractivity contribution in [2.24, 2.45) is 17.3 Å². The zero-order valence-electron chi connectivity index (χ0n) is 14.6. The lowest BCUT2D eigenvalue weighted by Gasteiger charge is -2.33. The molecular formula is C16H32N2O3. The highest BCUT2D eigenvalue weighted by molar-refractivity contribution is 5.85. The molecule has 0 aliphatic carbocycles. The summed E-state index contributed by atoms with van der Waals surface area (Å²) >= 11 is 0. The molecule has 0 bridgehead atoms. The minimum atomic E-state index is -1.01. The van der Waals surface area contributed by atoms with E-state index in [1.54, 1.807) is 11.8 Å². The van der Waals surface area contributed by atoms with Crippen LogP contribution >= 0.6 is 0 Å². The predicted molar refractivity (Wildman–Crippen MR) is 85.2 cm³/mol. The van der Waals surface area contributed by atoms with Crippen molar-refractivity contribution < 1.29 is 14.7 Å². The molecule has 0 aromatic carbocycles. The topological polar surface area (TPSA) is 60.9 Å². The lowest BCUT2D eigenvalue weighted by Crippen LogP contribution is -2.44. The van der Waals surface area contributed by atoms with Crippen LogP contribution in [0.3, 0.4) is 0 Å². The average Bonchev–Trinajstić information content (AvgIpc) is 2.32. The molecular weight excluding hydrogens is 268 g/mol. The van der Waals surface area contributed by atoms with Crippen LogP contribution < -0.4 is 0 Å². The smallest absolute Gasteiger partial charge is 0.310 e. The second-order valence-corrected chi connectivity index (χ2v) is 7.09. The van der Waals surface area contributed by atoms with E-state index in [2.05, 4.69) is 13.8 Å². The van der Waals surface area contributed by atoms with Gasteiger partial charge in [-0.25, -0.2) is 0 Å². The van der Waals surface area contributed by atoms with Gasteiger partial charge in [0.25, 0.3) is 0 Å². The molecule has 5 heteroatoms. The molecule has 0 fully saturated rings. The standard InChI is InChI=1S/C16H32N2O3/c1-12(2)11-18(9-8-17(6)7)14(19)10-16(5,13(3)4)15(20)21/h12-13H,8-11H2,1-7H3,(H,20,21). The molecule has 0 aromatic heterocycles. The highest BCUT2D eigenvalue weighted by atomic mass is 16.4. The van der Waals surface area contributed by atoms with Crippen LogP contribution in [0.1, 0.15) is 41.0 Å². The average molecular weight is 300 g/mol. The SMILES string of the molecule is CC(C)CN(CCN(C)C)C(=O)CC(C)(C(=O)O)C(C)C. The van der Waals surface area contributed by atoms with Crippen molar-refractivity contribution in [3.8, 4) is 0 Å². The maximum atomic E-state index is 12.6. The van der Waals surface area contributed by atoms with Crippen LogP contribution in [-0.4, -0.2) is 60.5 Å². The van der Waals surface area contributed by atoms with E-state index in [0.717, 1.165) is 6.54 Å². The summed E-state index contributed by atoms with van der Waals surface area (Å²) in [4.78, 5) is 27.9. The first-order chi connectivity index (χ1) is 9.50. The van der Waals surface area contributed by atoms with Crippen LogP contribution in [0.4, 0.5) is 0 Å². The van der Waals surface area contributed by atoms with Gasteiger partial charge in [0.2, 0.25) is 5.91 Å². The Balaban J connectivity index is 4.97. The zero-order chi connectivity index (χ0) is 16.8. The summed E-state index contributed by atoms with van der Waals surface area (Å²) in [5, 5.41) is 9.45. The van der Waals surface area contributed by atoms with Gasteiger partial charge in [-0.1, -0.05) is 27.7 Å². The lowest BCUT2D eigenvalue weighted by molar-refractivity contribution is -0.155. The summed E-state index contributed by atoms with van der Waals surface area (Å²) in [6.45, 7) is 11.6. The summed E-state index contributed by atoms with van der Waals surface area (Å²) in [5.41, 5.74) is -1.01. The summed E-state index contributed by atoms with van der Waals surface area (Å²) < 4.78 is 0. The molecule has 1 amide bonds. The van der Waals surface area contributed by atoms with Crippen LogP contribution in [0.2, 0.25) is 0 Å². The first kappa shape index (κ1) is 19.9. The molecule has 0 aromatic rings. The molecule has 1 N–H and O–H groups in total. The van der Waals surface area contributed by atoms with Gasteiger partial charge in [0.05, 0.1) is 5.41 Å². The molecule has 1 unspecified atom stereocenters. The van der Waals surface area contributed by atoms with Gasteiger partial charge in [-0.15, -0.1) is 0 Å². The Morgan fingerprint density at radius 3 is 1.95 bits per heavy atom. The quantitative estimate of drug-likeness (QED) is 0.709. The maximum absolute atomic E-state index is 12.6. The Kier molecular flexibility index (Phi) is 7.93. The Morgan fingerprint density at radius 2 is 1.62 bits per heavy atom. The third-order valence-corrected chi connectivity index (χ3v) is 4.04. The van der Waals surface area contributed by atoms with Crippen molar-refractivity contribution >= 4 is 11.9 Å². The normalized spacial score (nSPS) is 14.6. The highest BCUT2D eigenvalue weighted by Gasteiger charge is 2.39. The summed E-state index contributed by atoms with van der Waals surface area (Å²) in [5.74, 6) is -0.688. The molecule has 124 valence electrons. The fourth-order valence-corrected chi connectivity index (χ4v) is 2.03. The monoisotopic (exact) mass is 300 g/mol. The first-order valence-electron chi connectivity index (χ1n) is 7.66. The first-order valence-corrected chi connectivity index (χ1v) is 7.66. The summed E-state index contributed by atoms with van der Waals surface area (Å²) in [6.07, 6.45) is 0.0557. The Morgan fingerprint density at radius 1 is 1.10 bits per heavy atom. The fraction of sp³-hybridized carbons (Fsp3) is 0.875. The van der Waals surface area contributed by atoms with Gasteiger partial charge in [-0.2, -0.15) is 0 Å². The third-order valence-electron chi connectivity index (χ3n) is 4.04. The number of carboxylic acid groups (broad SMARTS) is 1. The van der Waals surface area contributed by atoms with Crippen LogP contribution in [0.15, 0.2) is 0 Å². The Labute approximate surface area is 129 Å². The van der Waals surface area contributed by atoms with E-state index >= 15 is 0 Å². The van der Waals surface area contributed by atoms with Gasteiger partial charge in [0, 0.05) is 26.1 Å². The van der Waals surface area contributed by atoms with E-state index in [9.17, 15) is 14.7 Å². The molecule has 0 saturated carbocycles. The van der Waals surface area contributed by atoms with Crippen molar-refractivity contribution in [3.05, 3.63) is 0 Å². The van der Waals surface area contributed by atoms with Gasteiger partial charge < -0.3 is 14.9 Å². The number of amides is 1. The van der Waals surface area contributed by atoms with Crippen LogP contribution in [0.5, 0.6) is 0 Å². The Hall–Kier alpha value is -1.10. The number of likely N-dealkylation sites (N-methyl/N-ethyl adjacent to an activating group) is 1. The zero-order valence-corrected chi connectivity index (χ0v) is 14.6. The van der Waals surface area contributed by atoms with Gasteiger partial charge in [0.1, 0.15) is 0 Å². The predicted octanol–water partition coefficient (Wildman–Crippen LogP) is 2.17. The molecule has 0 radical (unpaired) electrons. The number of rotatable bonds is 9. The van der Waals surface area contributed by atoms with Crippen LogP contribution in [-0.2, 0) is 9.59 Å². The number of hydrogen-bond donors (Lipinski definition) is 1. The summed E-state index contributed by atoms with van der Waals surface area (Å²) in [7, 11) is 3.93. The van der Waals surface area contributed by atoms with Crippen molar-refractivity contribution in [1.82, 2.24) is 9.80 Å². The van der Waals surface area contributed by atoms with Crippen molar-refractivity contribution in [2.75, 3.05) is 33.7 Å². The van der Waals surface area contributed by atoms with Crippen LogP contribution in [0.25, 0.3) is 0 Å². The number of carbonyl (C=O) groups excluding carboxylic acids is 1. The second kappa shape index (κ2) is 8.37. The van der Waals surface area contributed by atoms with Gasteiger partial charge in [-0.05, 0) is 32.9 Å². The number of aliphatic carboxylic acids is 1. The molecule has 5 nitrogen and oxygen atoms in total. The molecule has 0 aliphatic rings. The second-order valence-electron chi connectivity index (χ2n) is 7.09. The Bertz CT molecular complexity index is 353. The maximum Gasteiger partial charge on any atom is 0.310 e. The van der Waals surface area contributed by atoms with E-state index in [-0.39, 0.29) is 18.2 Å². The van der Waals surface area contributed by atoms with Crippen molar-refractivity contribution in [1.29, 1.82) is 0 Å². The van der Waals surface area contributed by atoms with Gasteiger partial charge in [0.15, 0.2) is 0 Å². The molecule has 0 spiro atoms. The van der Waals surface area contributed by atoms with Crippen LogP contribution in [0, 0.1) is 17.3 Å². The molecule has 0 aliphatic heterocycles. The fourth-order valence-electron chi connectivity index (χ4n) is 2.03. The molecule has 21 heavy (non-hydrogen) atoms. The highest BCUT2D eigenvalue weighted by Crippen LogP contribution is 2.32. The number of nitrogens with zero attached hydrogens (tertiary/aromatic N) is 2. The van der Waals surface area contributed by atoms with E-state index in [0.29, 0.717) is 19.0 Å². The lowest BCUT2D eigenvalue weighted by atomic mass is 9.76. The number of carbonyl (C=O) groups is 2. The van der Waals surface area contributed by atoms with E-state index in [4.69, 9.17) is 0 Å². The molecule has 0 saturated heterocycles. The molecule has 0 rings (SSSR count). The third kappa shape index (κ3) is 6.46. The minimum absolute atomic E-state index is 0.0557. The molecule has 0 heterocycles. The summed E-state index contributed by atoms with van der Waals surface area (Å²) in [6, 6.07) is 0.